The van der Waals surface area contributed by atoms with Gasteiger partial charge in [-0.1, -0.05) is 0 Å². The zero-order valence-corrected chi connectivity index (χ0v) is 14.7. The molecular weight excluding hydrogens is 334 g/mol. The van der Waals surface area contributed by atoms with E-state index >= 15 is 0 Å². The van der Waals surface area contributed by atoms with Crippen LogP contribution in [0.3, 0.4) is 0 Å². The number of carbonyl (C=O) groups is 1. The van der Waals surface area contributed by atoms with Gasteiger partial charge in [0.25, 0.3) is 0 Å². The number of methoxy groups -OCH3 is 3. The first-order valence-electron chi connectivity index (χ1n) is 7.37. The zero-order chi connectivity index (χ0) is 17.7. The van der Waals surface area contributed by atoms with E-state index in [0.717, 1.165) is 0 Å². The first-order chi connectivity index (χ1) is 11.4. The number of benzene rings is 1. The molecule has 1 aliphatic heterocycles. The zero-order valence-electron chi connectivity index (χ0n) is 13.9. The number of hydrogen-bond donors (Lipinski definition) is 1. The van der Waals surface area contributed by atoms with Gasteiger partial charge in [-0.25, -0.2) is 8.42 Å². The number of hydrogen-bond acceptors (Lipinski definition) is 6. The van der Waals surface area contributed by atoms with Gasteiger partial charge in [0.2, 0.25) is 11.7 Å². The summed E-state index contributed by atoms with van der Waals surface area (Å²) in [4.78, 5) is 11.9. The minimum absolute atomic E-state index is 0.00321. The highest BCUT2D eigenvalue weighted by Crippen LogP contribution is 2.38. The molecule has 1 aromatic carbocycles. The van der Waals surface area contributed by atoms with E-state index in [1.807, 2.05) is 0 Å². The summed E-state index contributed by atoms with van der Waals surface area (Å²) in [6.07, 6.45) is 3.40. The molecule has 0 radical (unpaired) electrons. The Morgan fingerprint density at radius 1 is 1.17 bits per heavy atom. The fraction of sp³-hybridized carbons (Fsp3) is 0.438. The maximum absolute atomic E-state index is 11.9. The second kappa shape index (κ2) is 7.57. The summed E-state index contributed by atoms with van der Waals surface area (Å²) >= 11 is 0. The number of carbonyl (C=O) groups excluding carboxylic acids is 1. The van der Waals surface area contributed by atoms with Gasteiger partial charge < -0.3 is 19.5 Å². The maximum Gasteiger partial charge on any atom is 0.244 e. The van der Waals surface area contributed by atoms with E-state index in [1.165, 1.54) is 27.4 Å². The molecule has 1 unspecified atom stereocenters. The van der Waals surface area contributed by atoms with E-state index < -0.39 is 9.84 Å². The smallest absolute Gasteiger partial charge is 0.244 e. The molecule has 24 heavy (non-hydrogen) atoms. The van der Waals surface area contributed by atoms with Crippen LogP contribution in [-0.4, -0.2) is 53.2 Å². The van der Waals surface area contributed by atoms with Crippen molar-refractivity contribution in [3.63, 3.8) is 0 Å². The molecule has 0 spiro atoms. The summed E-state index contributed by atoms with van der Waals surface area (Å²) in [5.74, 6) is 1.21. The van der Waals surface area contributed by atoms with Crippen molar-refractivity contribution in [1.29, 1.82) is 0 Å². The molecule has 1 heterocycles. The summed E-state index contributed by atoms with van der Waals surface area (Å²) in [7, 11) is 1.52. The third-order valence-electron chi connectivity index (χ3n) is 3.69. The lowest BCUT2D eigenvalue weighted by Gasteiger charge is -2.13. The average molecular weight is 355 g/mol. The number of nitrogens with one attached hydrogen (secondary N) is 1. The first-order valence-corrected chi connectivity index (χ1v) is 9.19. The fourth-order valence-corrected chi connectivity index (χ4v) is 4.20. The van der Waals surface area contributed by atoms with Crippen molar-refractivity contribution >= 4 is 21.8 Å². The van der Waals surface area contributed by atoms with E-state index in [1.54, 1.807) is 18.2 Å². The summed E-state index contributed by atoms with van der Waals surface area (Å²) in [5.41, 5.74) is 0.693. The second-order valence-corrected chi connectivity index (χ2v) is 7.63. The highest BCUT2D eigenvalue weighted by atomic mass is 32.2. The van der Waals surface area contributed by atoms with Gasteiger partial charge in [0.15, 0.2) is 21.3 Å². The van der Waals surface area contributed by atoms with Gasteiger partial charge >= 0.3 is 0 Å². The van der Waals surface area contributed by atoms with E-state index in [4.69, 9.17) is 14.2 Å². The van der Waals surface area contributed by atoms with Crippen molar-refractivity contribution in [2.75, 3.05) is 32.8 Å². The predicted octanol–water partition coefficient (Wildman–Crippen LogP) is 1.03. The lowest BCUT2D eigenvalue weighted by Crippen LogP contribution is -2.34. The van der Waals surface area contributed by atoms with Crippen LogP contribution in [0.4, 0.5) is 0 Å². The highest BCUT2D eigenvalue weighted by Gasteiger charge is 2.28. The molecule has 1 atom stereocenters. The van der Waals surface area contributed by atoms with Crippen molar-refractivity contribution in [2.45, 2.75) is 12.5 Å². The molecule has 1 aliphatic rings. The number of amides is 1. The number of sulfone groups is 1. The molecule has 2 rings (SSSR count). The van der Waals surface area contributed by atoms with E-state index in [0.29, 0.717) is 29.2 Å². The summed E-state index contributed by atoms with van der Waals surface area (Å²) in [6.45, 7) is 0. The Morgan fingerprint density at radius 2 is 1.79 bits per heavy atom. The van der Waals surface area contributed by atoms with Gasteiger partial charge in [0, 0.05) is 12.1 Å². The lowest BCUT2D eigenvalue weighted by molar-refractivity contribution is -0.116. The van der Waals surface area contributed by atoms with Gasteiger partial charge in [-0.3, -0.25) is 4.79 Å². The van der Waals surface area contributed by atoms with Crippen molar-refractivity contribution in [2.24, 2.45) is 0 Å². The molecule has 0 saturated carbocycles. The Kier molecular flexibility index (Phi) is 5.71. The number of rotatable bonds is 6. The van der Waals surface area contributed by atoms with Crippen molar-refractivity contribution in [3.8, 4) is 17.2 Å². The Labute approximate surface area is 141 Å². The lowest BCUT2D eigenvalue weighted by atomic mass is 10.1. The molecule has 1 fully saturated rings. The van der Waals surface area contributed by atoms with Gasteiger partial charge in [0.1, 0.15) is 0 Å². The molecule has 7 nitrogen and oxygen atoms in total. The van der Waals surface area contributed by atoms with Gasteiger partial charge in [-0.15, -0.1) is 0 Å². The Hall–Kier alpha value is -2.22. The maximum atomic E-state index is 11.9. The molecule has 0 aliphatic carbocycles. The molecule has 1 aromatic rings. The molecule has 0 bridgehead atoms. The molecule has 8 heteroatoms. The van der Waals surface area contributed by atoms with Crippen LogP contribution in [-0.2, 0) is 14.6 Å². The molecule has 1 saturated heterocycles. The van der Waals surface area contributed by atoms with E-state index in [9.17, 15) is 13.2 Å². The molecule has 1 amide bonds. The van der Waals surface area contributed by atoms with Crippen LogP contribution in [0.15, 0.2) is 18.2 Å². The summed E-state index contributed by atoms with van der Waals surface area (Å²) in [5, 5.41) is 2.69. The number of ether oxygens (including phenoxy) is 3. The third-order valence-corrected chi connectivity index (χ3v) is 5.46. The van der Waals surface area contributed by atoms with Crippen LogP contribution in [0.2, 0.25) is 0 Å². The topological polar surface area (TPSA) is 90.9 Å². The Bertz CT molecular complexity index is 716. The van der Waals surface area contributed by atoms with Gasteiger partial charge in [-0.05, 0) is 30.2 Å². The van der Waals surface area contributed by atoms with Crippen LogP contribution in [0.5, 0.6) is 17.2 Å². The highest BCUT2D eigenvalue weighted by molar-refractivity contribution is 7.91. The minimum atomic E-state index is -3.02. The first kappa shape index (κ1) is 18.1. The second-order valence-electron chi connectivity index (χ2n) is 5.40. The van der Waals surface area contributed by atoms with Crippen molar-refractivity contribution in [3.05, 3.63) is 23.8 Å². The SMILES string of the molecule is COc1cc(C=CC(=O)NC2CCS(=O)(=O)C2)cc(OC)c1OC. The van der Waals surface area contributed by atoms with Gasteiger partial charge in [0.05, 0.1) is 32.8 Å². The standard InChI is InChI=1S/C16H21NO6S/c1-21-13-8-11(9-14(22-2)16(13)23-3)4-5-15(18)17-12-6-7-24(19,20)10-12/h4-5,8-9,12H,6-7,10H2,1-3H3,(H,17,18). The van der Waals surface area contributed by atoms with E-state index in [2.05, 4.69) is 5.32 Å². The quantitative estimate of drug-likeness (QED) is 0.767. The Balaban J connectivity index is 2.09. The normalized spacial score (nSPS) is 19.2. The van der Waals surface area contributed by atoms with E-state index in [-0.39, 0.29) is 23.5 Å². The van der Waals surface area contributed by atoms with Crippen LogP contribution in [0.25, 0.3) is 6.08 Å². The van der Waals surface area contributed by atoms with Crippen LogP contribution in [0.1, 0.15) is 12.0 Å². The van der Waals surface area contributed by atoms with Crippen LogP contribution >= 0.6 is 0 Å². The van der Waals surface area contributed by atoms with Crippen LogP contribution in [0, 0.1) is 0 Å². The monoisotopic (exact) mass is 355 g/mol. The molecule has 1 N–H and O–H groups in total. The fourth-order valence-electron chi connectivity index (χ4n) is 2.53. The summed E-state index contributed by atoms with van der Waals surface area (Å²) in [6, 6.07) is 3.10. The van der Waals surface area contributed by atoms with Crippen molar-refractivity contribution in [1.82, 2.24) is 5.32 Å². The molecule has 0 aromatic heterocycles. The predicted molar refractivity (Wildman–Crippen MR) is 90.3 cm³/mol. The molecular formula is C16H21NO6S. The third kappa shape index (κ3) is 4.41. The summed E-state index contributed by atoms with van der Waals surface area (Å²) < 4.78 is 38.5. The average Bonchev–Trinajstić information content (AvgIpc) is 2.90. The van der Waals surface area contributed by atoms with Gasteiger partial charge in [-0.2, -0.15) is 0 Å². The molecule has 132 valence electrons. The Morgan fingerprint density at radius 3 is 2.25 bits per heavy atom. The van der Waals surface area contributed by atoms with Crippen molar-refractivity contribution < 1.29 is 27.4 Å². The van der Waals surface area contributed by atoms with Crippen LogP contribution < -0.4 is 19.5 Å². The minimum Gasteiger partial charge on any atom is -0.493 e. The largest absolute Gasteiger partial charge is 0.493 e.